The molecule has 0 radical (unpaired) electrons. The van der Waals surface area contributed by atoms with E-state index in [1.807, 2.05) is 13.8 Å². The Kier molecular flexibility index (Phi) is 5.35. The third-order valence-electron chi connectivity index (χ3n) is 3.74. The summed E-state index contributed by atoms with van der Waals surface area (Å²) in [6.07, 6.45) is 3.80. The number of hydrogen-bond donors (Lipinski definition) is 1. The lowest BCUT2D eigenvalue weighted by molar-refractivity contribution is 0.0825. The van der Waals surface area contributed by atoms with Crippen LogP contribution >= 0.6 is 12.4 Å². The Morgan fingerprint density at radius 3 is 2.37 bits per heavy atom. The largest absolute Gasteiger partial charge is 0.338 e. The van der Waals surface area contributed by atoms with Gasteiger partial charge in [-0.25, -0.2) is 0 Å². The zero-order chi connectivity index (χ0) is 13.3. The molecule has 0 amide bonds. The fourth-order valence-corrected chi connectivity index (χ4v) is 2.52. The lowest BCUT2D eigenvalue weighted by atomic mass is 9.98. The molecule has 1 aliphatic rings. The topological polar surface area (TPSA) is 68.2 Å². The lowest BCUT2D eigenvalue weighted by Gasteiger charge is -2.37. The zero-order valence-electron chi connectivity index (χ0n) is 12.2. The summed E-state index contributed by atoms with van der Waals surface area (Å²) in [5, 5.41) is 3.97. The summed E-state index contributed by atoms with van der Waals surface area (Å²) < 4.78 is 5.31. The van der Waals surface area contributed by atoms with E-state index in [1.165, 1.54) is 19.3 Å². The Labute approximate surface area is 121 Å². The van der Waals surface area contributed by atoms with E-state index in [0.29, 0.717) is 23.8 Å². The number of likely N-dealkylation sites (tertiary alicyclic amines) is 1. The second-order valence-corrected chi connectivity index (χ2v) is 6.03. The molecule has 5 nitrogen and oxygen atoms in total. The first kappa shape index (κ1) is 16.4. The Balaban J connectivity index is 0.00000180. The van der Waals surface area contributed by atoms with E-state index in [9.17, 15) is 0 Å². The Hall–Kier alpha value is -0.650. The minimum absolute atomic E-state index is 0. The van der Waals surface area contributed by atoms with E-state index < -0.39 is 5.54 Å². The zero-order valence-corrected chi connectivity index (χ0v) is 13.0. The van der Waals surface area contributed by atoms with Crippen LogP contribution in [-0.2, 0) is 12.1 Å². The molecule has 19 heavy (non-hydrogen) atoms. The van der Waals surface area contributed by atoms with Crippen LogP contribution in [-0.4, -0.2) is 27.1 Å². The number of nitrogens with two attached hydrogens (primary N) is 1. The minimum Gasteiger partial charge on any atom is -0.338 e. The van der Waals surface area contributed by atoms with Crippen molar-refractivity contribution >= 4 is 12.4 Å². The van der Waals surface area contributed by atoms with Gasteiger partial charge in [0.05, 0.1) is 12.1 Å². The summed E-state index contributed by atoms with van der Waals surface area (Å²) in [6.45, 7) is 9.02. The average molecular weight is 289 g/mol. The van der Waals surface area contributed by atoms with E-state index in [-0.39, 0.29) is 12.4 Å². The summed E-state index contributed by atoms with van der Waals surface area (Å²) in [4.78, 5) is 6.83. The third kappa shape index (κ3) is 3.91. The van der Waals surface area contributed by atoms with Gasteiger partial charge < -0.3 is 10.3 Å². The van der Waals surface area contributed by atoms with E-state index in [1.54, 1.807) is 0 Å². The number of piperidine rings is 1. The maximum Gasteiger partial charge on any atom is 0.240 e. The first-order valence-electron chi connectivity index (χ1n) is 6.75. The highest BCUT2D eigenvalue weighted by molar-refractivity contribution is 5.85. The van der Waals surface area contributed by atoms with Crippen LogP contribution in [0.15, 0.2) is 4.52 Å². The first-order chi connectivity index (χ1) is 8.38. The van der Waals surface area contributed by atoms with Crippen molar-refractivity contribution in [1.29, 1.82) is 0 Å². The van der Waals surface area contributed by atoms with Gasteiger partial charge >= 0.3 is 0 Å². The van der Waals surface area contributed by atoms with Crippen molar-refractivity contribution in [3.8, 4) is 0 Å². The van der Waals surface area contributed by atoms with Crippen LogP contribution in [0.3, 0.4) is 0 Å². The normalized spacial score (nSPS) is 25.1. The molecule has 2 N–H and O–H groups in total. The van der Waals surface area contributed by atoms with Crippen molar-refractivity contribution in [2.24, 2.45) is 5.73 Å². The Bertz CT molecular complexity index is 392. The van der Waals surface area contributed by atoms with Crippen molar-refractivity contribution in [3.05, 3.63) is 11.7 Å². The van der Waals surface area contributed by atoms with Gasteiger partial charge in [-0.3, -0.25) is 4.90 Å². The fourth-order valence-electron chi connectivity index (χ4n) is 2.52. The smallest absolute Gasteiger partial charge is 0.240 e. The van der Waals surface area contributed by atoms with Crippen molar-refractivity contribution in [2.75, 3.05) is 0 Å². The maximum atomic E-state index is 5.96. The Morgan fingerprint density at radius 1 is 1.32 bits per heavy atom. The molecule has 0 aliphatic carbocycles. The van der Waals surface area contributed by atoms with Crippen molar-refractivity contribution < 1.29 is 4.52 Å². The summed E-state index contributed by atoms with van der Waals surface area (Å²) in [5.74, 6) is 1.25. The number of rotatable bonds is 3. The summed E-state index contributed by atoms with van der Waals surface area (Å²) in [5.41, 5.74) is 5.42. The monoisotopic (exact) mass is 288 g/mol. The molecule has 6 heteroatoms. The molecule has 2 atom stereocenters. The molecule has 0 unspecified atom stereocenters. The van der Waals surface area contributed by atoms with E-state index >= 15 is 0 Å². The highest BCUT2D eigenvalue weighted by atomic mass is 35.5. The number of halogens is 1. The molecule has 2 rings (SSSR count). The fraction of sp³-hybridized carbons (Fsp3) is 0.846. The van der Waals surface area contributed by atoms with Gasteiger partial charge in [-0.1, -0.05) is 11.6 Å². The first-order valence-corrected chi connectivity index (χ1v) is 6.75. The summed E-state index contributed by atoms with van der Waals surface area (Å²) >= 11 is 0. The molecule has 0 saturated carbocycles. The van der Waals surface area contributed by atoms with Gasteiger partial charge in [-0.2, -0.15) is 4.98 Å². The van der Waals surface area contributed by atoms with Crippen molar-refractivity contribution in [1.82, 2.24) is 15.0 Å². The van der Waals surface area contributed by atoms with Gasteiger partial charge in [0.25, 0.3) is 0 Å². The molecule has 110 valence electrons. The molecule has 0 bridgehead atoms. The van der Waals surface area contributed by atoms with Crippen LogP contribution < -0.4 is 5.73 Å². The second kappa shape index (κ2) is 6.20. The molecule has 1 aliphatic heterocycles. The molecule has 1 fully saturated rings. The molecule has 1 aromatic rings. The van der Waals surface area contributed by atoms with E-state index in [2.05, 4.69) is 28.9 Å². The Morgan fingerprint density at radius 2 is 1.89 bits per heavy atom. The predicted molar refractivity (Wildman–Crippen MR) is 77.1 cm³/mol. The molecule has 1 saturated heterocycles. The maximum absolute atomic E-state index is 5.96. The number of aromatic nitrogens is 2. The van der Waals surface area contributed by atoms with Gasteiger partial charge in [0, 0.05) is 12.1 Å². The molecule has 2 heterocycles. The van der Waals surface area contributed by atoms with Gasteiger partial charge in [-0.15, -0.1) is 12.4 Å². The molecule has 1 aromatic heterocycles. The highest BCUT2D eigenvalue weighted by Gasteiger charge is 2.27. The quantitative estimate of drug-likeness (QED) is 0.925. The van der Waals surface area contributed by atoms with Gasteiger partial charge in [-0.05, 0) is 40.5 Å². The van der Waals surface area contributed by atoms with Crippen LogP contribution in [0, 0.1) is 0 Å². The standard InChI is InChI=1S/C13H24N4O.ClH/c1-9-6-5-7-10(2)17(9)8-11-15-12(16-18-11)13(3,4)14;/h9-10H,5-8,14H2,1-4H3;1H/t9-,10+;. The summed E-state index contributed by atoms with van der Waals surface area (Å²) in [7, 11) is 0. The predicted octanol–water partition coefficient (Wildman–Crippen LogP) is 2.45. The van der Waals surface area contributed by atoms with Crippen LogP contribution in [0.5, 0.6) is 0 Å². The van der Waals surface area contributed by atoms with Crippen LogP contribution in [0.25, 0.3) is 0 Å². The molecular formula is C13H25ClN4O. The van der Waals surface area contributed by atoms with Gasteiger partial charge in [0.2, 0.25) is 5.89 Å². The van der Waals surface area contributed by atoms with Crippen molar-refractivity contribution in [3.63, 3.8) is 0 Å². The molecule has 0 spiro atoms. The van der Waals surface area contributed by atoms with Crippen molar-refractivity contribution in [2.45, 2.75) is 71.1 Å². The SMILES string of the molecule is C[C@@H]1CCC[C@H](C)N1Cc1nc(C(C)(C)N)no1.Cl. The second-order valence-electron chi connectivity index (χ2n) is 6.03. The van der Waals surface area contributed by atoms with Gasteiger partial charge in [0.1, 0.15) is 0 Å². The number of nitrogens with zero attached hydrogens (tertiary/aromatic N) is 3. The lowest BCUT2D eigenvalue weighted by Crippen LogP contribution is -2.43. The van der Waals surface area contributed by atoms with Crippen LogP contribution in [0.2, 0.25) is 0 Å². The van der Waals surface area contributed by atoms with Crippen LogP contribution in [0.1, 0.15) is 58.7 Å². The highest BCUT2D eigenvalue weighted by Crippen LogP contribution is 2.24. The third-order valence-corrected chi connectivity index (χ3v) is 3.74. The average Bonchev–Trinajstić information content (AvgIpc) is 2.72. The van der Waals surface area contributed by atoms with Crippen LogP contribution in [0.4, 0.5) is 0 Å². The molecule has 0 aromatic carbocycles. The molecular weight excluding hydrogens is 264 g/mol. The van der Waals surface area contributed by atoms with Gasteiger partial charge in [0.15, 0.2) is 5.82 Å². The summed E-state index contributed by atoms with van der Waals surface area (Å²) in [6, 6.07) is 1.16. The van der Waals surface area contributed by atoms with E-state index in [4.69, 9.17) is 10.3 Å². The minimum atomic E-state index is -0.541. The van der Waals surface area contributed by atoms with E-state index in [0.717, 1.165) is 6.54 Å². The number of hydrogen-bond acceptors (Lipinski definition) is 5.